The molecule has 0 amide bonds. The Labute approximate surface area is 114 Å². The fourth-order valence-electron chi connectivity index (χ4n) is 2.11. The van der Waals surface area contributed by atoms with Crippen molar-refractivity contribution < 1.29 is 4.74 Å². The van der Waals surface area contributed by atoms with Gasteiger partial charge in [-0.25, -0.2) is 9.97 Å². The molecule has 3 nitrogen and oxygen atoms in total. The molecule has 1 aromatic heterocycles. The van der Waals surface area contributed by atoms with Gasteiger partial charge in [0.25, 0.3) is 0 Å². The minimum atomic E-state index is -0.00521. The molecule has 0 N–H and O–H groups in total. The number of nitrogens with zero attached hydrogens (tertiary/aromatic N) is 2. The Morgan fingerprint density at radius 1 is 1.33 bits per heavy atom. The monoisotopic (exact) mass is 268 g/mol. The van der Waals surface area contributed by atoms with Crippen LogP contribution in [0.1, 0.15) is 51.6 Å². The van der Waals surface area contributed by atoms with Crippen LogP contribution in [0.4, 0.5) is 0 Å². The minimum absolute atomic E-state index is 0.00521. The van der Waals surface area contributed by atoms with Crippen molar-refractivity contribution in [1.29, 1.82) is 0 Å². The molecule has 1 aliphatic rings. The van der Waals surface area contributed by atoms with Gasteiger partial charge in [0, 0.05) is 18.4 Å². The summed E-state index contributed by atoms with van der Waals surface area (Å²) in [5.74, 6) is 0.805. The summed E-state index contributed by atoms with van der Waals surface area (Å²) < 4.78 is 5.72. The third-order valence-corrected chi connectivity index (χ3v) is 3.39. The number of hydrogen-bond acceptors (Lipinski definition) is 3. The van der Waals surface area contributed by atoms with Crippen molar-refractivity contribution >= 4 is 11.6 Å². The van der Waals surface area contributed by atoms with Crippen LogP contribution in [0.2, 0.25) is 5.15 Å². The molecule has 100 valence electrons. The van der Waals surface area contributed by atoms with Crippen LogP contribution in [-0.4, -0.2) is 22.7 Å². The Morgan fingerprint density at radius 3 is 2.72 bits per heavy atom. The molecule has 0 aliphatic carbocycles. The maximum atomic E-state index is 6.08. The molecule has 2 rings (SSSR count). The summed E-state index contributed by atoms with van der Waals surface area (Å²) in [7, 11) is 0. The SMILES string of the molecule is CC(C)(C)c1cc(Cl)nc(CC2CCCCO2)n1. The Hall–Kier alpha value is -0.670. The van der Waals surface area contributed by atoms with E-state index in [1.54, 1.807) is 0 Å². The number of rotatable bonds is 2. The van der Waals surface area contributed by atoms with Crippen LogP contribution >= 0.6 is 11.6 Å². The molecule has 0 bridgehead atoms. The Bertz CT molecular complexity index is 409. The first-order valence-corrected chi connectivity index (χ1v) is 6.98. The van der Waals surface area contributed by atoms with E-state index in [9.17, 15) is 0 Å². The second-order valence-corrected chi connectivity index (χ2v) is 6.32. The van der Waals surface area contributed by atoms with Gasteiger partial charge in [0.2, 0.25) is 0 Å². The van der Waals surface area contributed by atoms with E-state index in [-0.39, 0.29) is 11.5 Å². The molecule has 18 heavy (non-hydrogen) atoms. The highest BCUT2D eigenvalue weighted by Crippen LogP contribution is 2.23. The summed E-state index contributed by atoms with van der Waals surface area (Å²) in [6.07, 6.45) is 4.52. The highest BCUT2D eigenvalue weighted by Gasteiger charge is 2.20. The highest BCUT2D eigenvalue weighted by atomic mass is 35.5. The van der Waals surface area contributed by atoms with Gasteiger partial charge < -0.3 is 4.74 Å². The van der Waals surface area contributed by atoms with E-state index in [2.05, 4.69) is 30.7 Å². The normalized spacial score (nSPS) is 21.0. The van der Waals surface area contributed by atoms with Crippen LogP contribution in [-0.2, 0) is 16.6 Å². The van der Waals surface area contributed by atoms with E-state index in [1.165, 1.54) is 12.8 Å². The first-order valence-electron chi connectivity index (χ1n) is 6.61. The van der Waals surface area contributed by atoms with Gasteiger partial charge in [-0.1, -0.05) is 32.4 Å². The van der Waals surface area contributed by atoms with Gasteiger partial charge in [-0.2, -0.15) is 0 Å². The molecule has 1 unspecified atom stereocenters. The molecule has 2 heterocycles. The van der Waals surface area contributed by atoms with Crippen LogP contribution in [0, 0.1) is 0 Å². The fourth-order valence-corrected chi connectivity index (χ4v) is 2.31. The lowest BCUT2D eigenvalue weighted by Crippen LogP contribution is -2.23. The van der Waals surface area contributed by atoms with E-state index < -0.39 is 0 Å². The molecule has 1 fully saturated rings. The summed E-state index contributed by atoms with van der Waals surface area (Å²) in [6, 6.07) is 1.85. The average molecular weight is 269 g/mol. The van der Waals surface area contributed by atoms with Gasteiger partial charge in [-0.3, -0.25) is 0 Å². The minimum Gasteiger partial charge on any atom is -0.378 e. The van der Waals surface area contributed by atoms with Gasteiger partial charge in [-0.15, -0.1) is 0 Å². The molecule has 1 atom stereocenters. The van der Waals surface area contributed by atoms with Crippen molar-refractivity contribution in [2.75, 3.05) is 6.61 Å². The van der Waals surface area contributed by atoms with Crippen LogP contribution in [0.5, 0.6) is 0 Å². The van der Waals surface area contributed by atoms with Crippen LogP contribution in [0.15, 0.2) is 6.07 Å². The zero-order valence-corrected chi connectivity index (χ0v) is 12.1. The van der Waals surface area contributed by atoms with Gasteiger partial charge in [0.05, 0.1) is 11.8 Å². The molecule has 0 radical (unpaired) electrons. The molecule has 4 heteroatoms. The predicted molar refractivity (Wildman–Crippen MR) is 73.0 cm³/mol. The van der Waals surface area contributed by atoms with Crippen LogP contribution in [0.25, 0.3) is 0 Å². The van der Waals surface area contributed by atoms with Crippen molar-refractivity contribution in [1.82, 2.24) is 9.97 Å². The second kappa shape index (κ2) is 5.54. The first kappa shape index (κ1) is 13.8. The zero-order chi connectivity index (χ0) is 13.2. The van der Waals surface area contributed by atoms with Gasteiger partial charge in [0.15, 0.2) is 0 Å². The van der Waals surface area contributed by atoms with Crippen molar-refractivity contribution in [3.63, 3.8) is 0 Å². The average Bonchev–Trinajstić information content (AvgIpc) is 2.28. The molecule has 0 aromatic carbocycles. The summed E-state index contributed by atoms with van der Waals surface area (Å²) in [5, 5.41) is 0.528. The highest BCUT2D eigenvalue weighted by molar-refractivity contribution is 6.29. The first-order chi connectivity index (χ1) is 8.45. The van der Waals surface area contributed by atoms with Crippen molar-refractivity contribution in [2.45, 2.75) is 58.0 Å². The van der Waals surface area contributed by atoms with Crippen molar-refractivity contribution in [2.24, 2.45) is 0 Å². The van der Waals surface area contributed by atoms with Crippen molar-refractivity contribution in [3.8, 4) is 0 Å². The molecule has 1 saturated heterocycles. The van der Waals surface area contributed by atoms with E-state index in [1.807, 2.05) is 6.07 Å². The van der Waals surface area contributed by atoms with E-state index in [4.69, 9.17) is 16.3 Å². The third kappa shape index (κ3) is 3.66. The Kier molecular flexibility index (Phi) is 4.23. The number of hydrogen-bond donors (Lipinski definition) is 0. The zero-order valence-electron chi connectivity index (χ0n) is 11.4. The van der Waals surface area contributed by atoms with E-state index >= 15 is 0 Å². The van der Waals surface area contributed by atoms with Gasteiger partial charge in [-0.05, 0) is 25.3 Å². The Morgan fingerprint density at radius 2 is 2.11 bits per heavy atom. The molecule has 0 spiro atoms. The largest absolute Gasteiger partial charge is 0.378 e. The summed E-state index contributed by atoms with van der Waals surface area (Å²) >= 11 is 6.08. The summed E-state index contributed by atoms with van der Waals surface area (Å²) in [4.78, 5) is 8.94. The van der Waals surface area contributed by atoms with Crippen molar-refractivity contribution in [3.05, 3.63) is 22.7 Å². The van der Waals surface area contributed by atoms with Crippen LogP contribution < -0.4 is 0 Å². The molecule has 1 aliphatic heterocycles. The number of halogens is 1. The quantitative estimate of drug-likeness (QED) is 0.770. The second-order valence-electron chi connectivity index (χ2n) is 5.93. The molecule has 1 aromatic rings. The molecular weight excluding hydrogens is 248 g/mol. The van der Waals surface area contributed by atoms with Crippen LogP contribution in [0.3, 0.4) is 0 Å². The number of aromatic nitrogens is 2. The van der Waals surface area contributed by atoms with Gasteiger partial charge >= 0.3 is 0 Å². The molecular formula is C14H21ClN2O. The maximum Gasteiger partial charge on any atom is 0.133 e. The third-order valence-electron chi connectivity index (χ3n) is 3.19. The van der Waals surface area contributed by atoms with Gasteiger partial charge in [0.1, 0.15) is 11.0 Å². The molecule has 0 saturated carbocycles. The summed E-state index contributed by atoms with van der Waals surface area (Å²) in [6.45, 7) is 7.25. The summed E-state index contributed by atoms with van der Waals surface area (Å²) in [5.41, 5.74) is 0.989. The lowest BCUT2D eigenvalue weighted by molar-refractivity contribution is 0.0156. The lowest BCUT2D eigenvalue weighted by Gasteiger charge is -2.23. The Balaban J connectivity index is 2.14. The standard InChI is InChI=1S/C14H21ClN2O/c1-14(2,3)11-9-12(15)17-13(16-11)8-10-6-4-5-7-18-10/h9-10H,4-8H2,1-3H3. The predicted octanol–water partition coefficient (Wildman–Crippen LogP) is 3.54. The topological polar surface area (TPSA) is 35.0 Å². The fraction of sp³-hybridized carbons (Fsp3) is 0.714. The number of ether oxygens (including phenoxy) is 1. The maximum absolute atomic E-state index is 6.08. The van der Waals surface area contributed by atoms with E-state index in [0.29, 0.717) is 5.15 Å². The van der Waals surface area contributed by atoms with E-state index in [0.717, 1.165) is 31.0 Å². The lowest BCUT2D eigenvalue weighted by atomic mass is 9.92. The smallest absolute Gasteiger partial charge is 0.133 e.